The number of ketones is 1. The Bertz CT molecular complexity index is 412. The fourth-order valence-electron chi connectivity index (χ4n) is 1.44. The van der Waals surface area contributed by atoms with Gasteiger partial charge in [0.1, 0.15) is 5.75 Å². The van der Waals surface area contributed by atoms with Gasteiger partial charge in [-0.25, -0.2) is 4.79 Å². The van der Waals surface area contributed by atoms with E-state index in [2.05, 4.69) is 4.74 Å². The highest BCUT2D eigenvalue weighted by Gasteiger charge is 2.20. The Kier molecular flexibility index (Phi) is 4.69. The molecule has 0 bridgehead atoms. The molecule has 1 unspecified atom stereocenters. The van der Waals surface area contributed by atoms with Gasteiger partial charge in [-0.1, -0.05) is 19.1 Å². The van der Waals surface area contributed by atoms with E-state index >= 15 is 0 Å². The summed E-state index contributed by atoms with van der Waals surface area (Å²) in [5.74, 6) is -0.122. The average molecular weight is 236 g/mol. The van der Waals surface area contributed by atoms with Crippen molar-refractivity contribution in [3.63, 3.8) is 0 Å². The third-order valence-corrected chi connectivity index (χ3v) is 2.37. The van der Waals surface area contributed by atoms with E-state index in [4.69, 9.17) is 4.74 Å². The standard InChI is InChI=1S/C13H16O4/c1-4-11(13(15)16-3)17-12-8-6-5-7-10(12)9(2)14/h5-8,11H,4H2,1-3H3. The van der Waals surface area contributed by atoms with Crippen LogP contribution >= 0.6 is 0 Å². The van der Waals surface area contributed by atoms with Crippen LogP contribution in [0.5, 0.6) is 5.75 Å². The molecule has 0 aliphatic heterocycles. The molecule has 0 amide bonds. The zero-order valence-corrected chi connectivity index (χ0v) is 10.2. The highest BCUT2D eigenvalue weighted by Crippen LogP contribution is 2.20. The maximum Gasteiger partial charge on any atom is 0.347 e. The minimum Gasteiger partial charge on any atom is -0.478 e. The molecule has 1 rings (SSSR count). The van der Waals surface area contributed by atoms with Crippen molar-refractivity contribution in [1.29, 1.82) is 0 Å². The lowest BCUT2D eigenvalue weighted by atomic mass is 10.1. The second-order valence-corrected chi connectivity index (χ2v) is 3.59. The van der Waals surface area contributed by atoms with Crippen LogP contribution in [0.25, 0.3) is 0 Å². The fraction of sp³-hybridized carbons (Fsp3) is 0.385. The van der Waals surface area contributed by atoms with Crippen LogP contribution in [0.3, 0.4) is 0 Å². The van der Waals surface area contributed by atoms with Gasteiger partial charge in [0.05, 0.1) is 12.7 Å². The van der Waals surface area contributed by atoms with Crippen molar-refractivity contribution in [2.24, 2.45) is 0 Å². The lowest BCUT2D eigenvalue weighted by molar-refractivity contribution is -0.148. The summed E-state index contributed by atoms with van der Waals surface area (Å²) in [4.78, 5) is 22.8. The third-order valence-electron chi connectivity index (χ3n) is 2.37. The predicted molar refractivity (Wildman–Crippen MR) is 63.2 cm³/mol. The molecule has 0 spiro atoms. The van der Waals surface area contributed by atoms with E-state index in [9.17, 15) is 9.59 Å². The van der Waals surface area contributed by atoms with Crippen LogP contribution in [0.2, 0.25) is 0 Å². The molecule has 0 saturated carbocycles. The van der Waals surface area contributed by atoms with Gasteiger partial charge in [0, 0.05) is 0 Å². The molecule has 0 aliphatic rings. The Labute approximate surface area is 101 Å². The monoisotopic (exact) mass is 236 g/mol. The second kappa shape index (κ2) is 6.03. The number of Topliss-reactive ketones (excluding diaryl/α,β-unsaturated/α-hetero) is 1. The van der Waals surface area contributed by atoms with Crippen molar-refractivity contribution in [2.75, 3.05) is 7.11 Å². The third kappa shape index (κ3) is 3.31. The number of benzene rings is 1. The van der Waals surface area contributed by atoms with Gasteiger partial charge in [-0.05, 0) is 25.5 Å². The molecule has 0 fully saturated rings. The largest absolute Gasteiger partial charge is 0.478 e. The summed E-state index contributed by atoms with van der Waals surface area (Å²) in [7, 11) is 1.31. The summed E-state index contributed by atoms with van der Waals surface area (Å²) < 4.78 is 10.1. The summed E-state index contributed by atoms with van der Waals surface area (Å²) in [6.07, 6.45) is -0.195. The highest BCUT2D eigenvalue weighted by molar-refractivity contribution is 5.96. The number of carbonyl (C=O) groups excluding carboxylic acids is 2. The molecular formula is C13H16O4. The molecule has 0 radical (unpaired) electrons. The van der Waals surface area contributed by atoms with Crippen LogP contribution in [-0.4, -0.2) is 25.0 Å². The number of carbonyl (C=O) groups is 2. The molecule has 17 heavy (non-hydrogen) atoms. The Morgan fingerprint density at radius 1 is 1.29 bits per heavy atom. The lowest BCUT2D eigenvalue weighted by Crippen LogP contribution is -2.28. The van der Waals surface area contributed by atoms with E-state index in [0.29, 0.717) is 17.7 Å². The van der Waals surface area contributed by atoms with Crippen molar-refractivity contribution in [3.8, 4) is 5.75 Å². The van der Waals surface area contributed by atoms with Crippen molar-refractivity contribution < 1.29 is 19.1 Å². The van der Waals surface area contributed by atoms with Gasteiger partial charge in [0.2, 0.25) is 0 Å². The molecule has 0 heterocycles. The second-order valence-electron chi connectivity index (χ2n) is 3.59. The van der Waals surface area contributed by atoms with Crippen LogP contribution in [0, 0.1) is 0 Å². The maximum absolute atomic E-state index is 11.4. The van der Waals surface area contributed by atoms with E-state index in [0.717, 1.165) is 0 Å². The van der Waals surface area contributed by atoms with Crippen molar-refractivity contribution in [2.45, 2.75) is 26.4 Å². The lowest BCUT2D eigenvalue weighted by Gasteiger charge is -2.16. The predicted octanol–water partition coefficient (Wildman–Crippen LogP) is 2.22. The van der Waals surface area contributed by atoms with Crippen LogP contribution in [0.15, 0.2) is 24.3 Å². The molecule has 4 nitrogen and oxygen atoms in total. The summed E-state index contributed by atoms with van der Waals surface area (Å²) in [5.41, 5.74) is 0.467. The molecule has 1 atom stereocenters. The Hall–Kier alpha value is -1.84. The molecule has 1 aromatic carbocycles. The molecule has 0 aromatic heterocycles. The van der Waals surface area contributed by atoms with Gasteiger partial charge in [0.25, 0.3) is 0 Å². The minimum absolute atomic E-state index is 0.0969. The van der Waals surface area contributed by atoms with Gasteiger partial charge < -0.3 is 9.47 Å². The van der Waals surface area contributed by atoms with E-state index in [1.54, 1.807) is 24.3 Å². The molecule has 0 aliphatic carbocycles. The average Bonchev–Trinajstić information content (AvgIpc) is 2.35. The van der Waals surface area contributed by atoms with Crippen molar-refractivity contribution in [1.82, 2.24) is 0 Å². The number of esters is 1. The SMILES string of the molecule is CCC(Oc1ccccc1C(C)=O)C(=O)OC. The first kappa shape index (κ1) is 13.2. The summed E-state index contributed by atoms with van der Waals surface area (Å²) in [5, 5.41) is 0. The van der Waals surface area contributed by atoms with Gasteiger partial charge in [-0.3, -0.25) is 4.79 Å². The molecule has 4 heteroatoms. The van der Waals surface area contributed by atoms with Gasteiger partial charge in [0.15, 0.2) is 11.9 Å². The van der Waals surface area contributed by atoms with Crippen molar-refractivity contribution in [3.05, 3.63) is 29.8 Å². The van der Waals surface area contributed by atoms with Gasteiger partial charge in [-0.2, -0.15) is 0 Å². The molecule has 0 saturated heterocycles. The molecule has 1 aromatic rings. The van der Waals surface area contributed by atoms with Gasteiger partial charge in [-0.15, -0.1) is 0 Å². The molecule has 92 valence electrons. The normalized spacial score (nSPS) is 11.7. The zero-order chi connectivity index (χ0) is 12.8. The summed E-state index contributed by atoms with van der Waals surface area (Å²) >= 11 is 0. The first-order valence-corrected chi connectivity index (χ1v) is 5.44. The number of para-hydroxylation sites is 1. The van der Waals surface area contributed by atoms with Crippen LogP contribution in [0.4, 0.5) is 0 Å². The van der Waals surface area contributed by atoms with E-state index in [1.807, 2.05) is 6.92 Å². The number of hydrogen-bond donors (Lipinski definition) is 0. The van der Waals surface area contributed by atoms with Crippen molar-refractivity contribution >= 4 is 11.8 Å². The van der Waals surface area contributed by atoms with Gasteiger partial charge >= 0.3 is 5.97 Å². The first-order chi connectivity index (χ1) is 8.10. The smallest absolute Gasteiger partial charge is 0.347 e. The molecular weight excluding hydrogens is 220 g/mol. The van der Waals surface area contributed by atoms with Crippen LogP contribution < -0.4 is 4.74 Å². The van der Waals surface area contributed by atoms with E-state index in [1.165, 1.54) is 14.0 Å². The van der Waals surface area contributed by atoms with Crippen LogP contribution in [-0.2, 0) is 9.53 Å². The Morgan fingerprint density at radius 2 is 1.94 bits per heavy atom. The summed E-state index contributed by atoms with van der Waals surface area (Å²) in [6, 6.07) is 6.85. The quantitative estimate of drug-likeness (QED) is 0.581. The number of hydrogen-bond acceptors (Lipinski definition) is 4. The van der Waals surface area contributed by atoms with E-state index in [-0.39, 0.29) is 5.78 Å². The number of ether oxygens (including phenoxy) is 2. The first-order valence-electron chi connectivity index (χ1n) is 5.44. The highest BCUT2D eigenvalue weighted by atomic mass is 16.6. The summed E-state index contributed by atoms with van der Waals surface area (Å²) in [6.45, 7) is 3.28. The number of methoxy groups -OCH3 is 1. The topological polar surface area (TPSA) is 52.6 Å². The van der Waals surface area contributed by atoms with E-state index < -0.39 is 12.1 Å². The zero-order valence-electron chi connectivity index (χ0n) is 10.2. The minimum atomic E-state index is -0.680. The van der Waals surface area contributed by atoms with Crippen LogP contribution in [0.1, 0.15) is 30.6 Å². The fourth-order valence-corrected chi connectivity index (χ4v) is 1.44. The Morgan fingerprint density at radius 3 is 2.47 bits per heavy atom. The molecule has 0 N–H and O–H groups in total. The number of rotatable bonds is 5. The maximum atomic E-state index is 11.4. The Balaban J connectivity index is 2.93.